The van der Waals surface area contributed by atoms with Crippen LogP contribution < -0.4 is 0 Å². The molecule has 0 spiro atoms. The Balaban J connectivity index is 0.00000126. The zero-order valence-electron chi connectivity index (χ0n) is 16.3. The summed E-state index contributed by atoms with van der Waals surface area (Å²) < 4.78 is 38.6. The molecule has 0 unspecified atom stereocenters. The Hall–Kier alpha value is -1.52. The number of alkyl halides is 3. The highest BCUT2D eigenvalue weighted by atomic mass is 35.5. The van der Waals surface area contributed by atoms with Crippen molar-refractivity contribution in [2.75, 3.05) is 0 Å². The van der Waals surface area contributed by atoms with Crippen LogP contribution in [0, 0.1) is 6.92 Å². The predicted molar refractivity (Wildman–Crippen MR) is 106 cm³/mol. The van der Waals surface area contributed by atoms with Crippen LogP contribution in [0.3, 0.4) is 0 Å². The zero-order valence-corrected chi connectivity index (χ0v) is 17.1. The lowest BCUT2D eigenvalue weighted by Gasteiger charge is -2.23. The number of fused-ring (bicyclic) bond motifs is 1. The van der Waals surface area contributed by atoms with Gasteiger partial charge in [-0.2, -0.15) is 13.2 Å². The zero-order chi connectivity index (χ0) is 20.2. The van der Waals surface area contributed by atoms with Gasteiger partial charge in [0, 0.05) is 24.2 Å². The summed E-state index contributed by atoms with van der Waals surface area (Å²) in [5, 5.41) is 0.776. The third-order valence-electron chi connectivity index (χ3n) is 4.99. The third kappa shape index (κ3) is 5.49. The highest BCUT2D eigenvalue weighted by molar-refractivity contribution is 6.31. The third-order valence-corrected chi connectivity index (χ3v) is 5.40. The van der Waals surface area contributed by atoms with E-state index in [0.29, 0.717) is 19.1 Å². The van der Waals surface area contributed by atoms with Gasteiger partial charge in [-0.05, 0) is 67.1 Å². The molecular formula is C22H27ClF3N. The summed E-state index contributed by atoms with van der Waals surface area (Å²) in [5.41, 5.74) is 3.49. The Bertz CT molecular complexity index is 771. The van der Waals surface area contributed by atoms with Crippen molar-refractivity contribution in [3.8, 4) is 0 Å². The van der Waals surface area contributed by atoms with E-state index in [-0.39, 0.29) is 0 Å². The molecule has 0 N–H and O–H groups in total. The first kappa shape index (κ1) is 21.8. The number of halogens is 4. The molecule has 2 aromatic carbocycles. The summed E-state index contributed by atoms with van der Waals surface area (Å²) in [6, 6.07) is 10.5. The summed E-state index contributed by atoms with van der Waals surface area (Å²) in [4.78, 5) is 2.24. The van der Waals surface area contributed by atoms with Crippen molar-refractivity contribution in [2.45, 2.75) is 65.8 Å². The van der Waals surface area contributed by atoms with Gasteiger partial charge in [0.25, 0.3) is 0 Å². The molecule has 1 heterocycles. The Morgan fingerprint density at radius 2 is 1.70 bits per heavy atom. The van der Waals surface area contributed by atoms with Crippen LogP contribution in [0.4, 0.5) is 13.2 Å². The van der Waals surface area contributed by atoms with Crippen molar-refractivity contribution in [1.29, 1.82) is 0 Å². The first-order valence-corrected chi connectivity index (χ1v) is 9.80. The van der Waals surface area contributed by atoms with Crippen molar-refractivity contribution < 1.29 is 13.2 Å². The van der Waals surface area contributed by atoms with Crippen molar-refractivity contribution in [3.63, 3.8) is 0 Å². The van der Waals surface area contributed by atoms with E-state index in [1.807, 2.05) is 32.9 Å². The van der Waals surface area contributed by atoms with Crippen LogP contribution in [0.25, 0.3) is 0 Å². The Morgan fingerprint density at radius 1 is 1.04 bits per heavy atom. The van der Waals surface area contributed by atoms with Crippen molar-refractivity contribution in [3.05, 3.63) is 69.2 Å². The fraction of sp³-hybridized carbons (Fsp3) is 0.455. The molecule has 148 valence electrons. The minimum Gasteiger partial charge on any atom is -0.292 e. The van der Waals surface area contributed by atoms with E-state index < -0.39 is 11.7 Å². The summed E-state index contributed by atoms with van der Waals surface area (Å²) in [7, 11) is 0. The molecule has 0 aromatic heterocycles. The van der Waals surface area contributed by atoms with Gasteiger partial charge in [-0.25, -0.2) is 0 Å². The summed E-state index contributed by atoms with van der Waals surface area (Å²) in [6.07, 6.45) is -2.43. The van der Waals surface area contributed by atoms with Crippen LogP contribution in [-0.4, -0.2) is 10.9 Å². The molecule has 0 saturated carbocycles. The molecule has 0 amide bonds. The smallest absolute Gasteiger partial charge is 0.292 e. The largest absolute Gasteiger partial charge is 0.416 e. The fourth-order valence-electron chi connectivity index (χ4n) is 3.26. The van der Waals surface area contributed by atoms with E-state index in [0.717, 1.165) is 34.6 Å². The first-order chi connectivity index (χ1) is 12.7. The van der Waals surface area contributed by atoms with Crippen LogP contribution in [0.1, 0.15) is 55.0 Å². The van der Waals surface area contributed by atoms with Gasteiger partial charge in [0.2, 0.25) is 0 Å². The van der Waals surface area contributed by atoms with E-state index in [1.54, 1.807) is 6.07 Å². The molecule has 1 nitrogen and oxygen atoms in total. The van der Waals surface area contributed by atoms with Gasteiger partial charge in [-0.15, -0.1) is 0 Å². The second-order valence-corrected chi connectivity index (χ2v) is 7.26. The Kier molecular flexibility index (Phi) is 7.35. The molecule has 0 saturated heterocycles. The van der Waals surface area contributed by atoms with Crippen LogP contribution in [0.15, 0.2) is 36.4 Å². The fourth-order valence-corrected chi connectivity index (χ4v) is 3.46. The second kappa shape index (κ2) is 9.11. The lowest BCUT2D eigenvalue weighted by molar-refractivity contribution is -0.137. The van der Waals surface area contributed by atoms with E-state index >= 15 is 0 Å². The molecule has 27 heavy (non-hydrogen) atoms. The standard InChI is InChI=1S/C20H21ClF3N.C2H6/c1-13-3-5-15(9-19(13)21)6-4-14(2)25-11-16-7-8-18(20(22,23)24)10-17(16)12-25;1-2/h3,5,7-10,14H,4,6,11-12H2,1-2H3;1-2H3/t14-;/m1./s1. The number of hydrogen-bond acceptors (Lipinski definition) is 1. The summed E-state index contributed by atoms with van der Waals surface area (Å²) in [5.74, 6) is 0. The van der Waals surface area contributed by atoms with E-state index in [2.05, 4.69) is 17.9 Å². The maximum Gasteiger partial charge on any atom is 0.416 e. The highest BCUT2D eigenvalue weighted by Crippen LogP contribution is 2.34. The molecular weight excluding hydrogens is 371 g/mol. The van der Waals surface area contributed by atoms with Crippen LogP contribution >= 0.6 is 11.6 Å². The van der Waals surface area contributed by atoms with Gasteiger partial charge in [-0.3, -0.25) is 4.90 Å². The molecule has 3 rings (SSSR count). The number of nitrogens with zero attached hydrogens (tertiary/aromatic N) is 1. The van der Waals surface area contributed by atoms with Gasteiger partial charge < -0.3 is 0 Å². The lowest BCUT2D eigenvalue weighted by Crippen LogP contribution is -2.28. The van der Waals surface area contributed by atoms with Gasteiger partial charge in [0.15, 0.2) is 0 Å². The normalized spacial score (nSPS) is 15.1. The molecule has 0 fully saturated rings. The number of benzene rings is 2. The predicted octanol–water partition coefficient (Wildman–Crippen LogP) is 7.03. The molecule has 5 heteroatoms. The van der Waals surface area contributed by atoms with Gasteiger partial charge in [0.1, 0.15) is 0 Å². The van der Waals surface area contributed by atoms with Crippen LogP contribution in [0.5, 0.6) is 0 Å². The molecule has 0 radical (unpaired) electrons. The molecule has 1 aliphatic heterocycles. The summed E-state index contributed by atoms with van der Waals surface area (Å²) in [6.45, 7) is 9.40. The lowest BCUT2D eigenvalue weighted by atomic mass is 10.0. The minimum absolute atomic E-state index is 0.293. The Labute approximate surface area is 165 Å². The SMILES string of the molecule is CC.Cc1ccc(CC[C@@H](C)N2Cc3ccc(C(F)(F)F)cc3C2)cc1Cl. The van der Waals surface area contributed by atoms with Crippen LogP contribution in [-0.2, 0) is 25.7 Å². The number of hydrogen-bond donors (Lipinski definition) is 0. The van der Waals surface area contributed by atoms with E-state index in [4.69, 9.17) is 11.6 Å². The maximum atomic E-state index is 12.9. The van der Waals surface area contributed by atoms with Gasteiger partial charge in [0.05, 0.1) is 5.56 Å². The van der Waals surface area contributed by atoms with Crippen molar-refractivity contribution in [1.82, 2.24) is 4.90 Å². The molecule has 0 aliphatic carbocycles. The van der Waals surface area contributed by atoms with Crippen LogP contribution in [0.2, 0.25) is 5.02 Å². The van der Waals surface area contributed by atoms with E-state index in [9.17, 15) is 13.2 Å². The molecule has 0 bridgehead atoms. The summed E-state index contributed by atoms with van der Waals surface area (Å²) >= 11 is 6.17. The molecule has 2 aromatic rings. The van der Waals surface area contributed by atoms with Crippen molar-refractivity contribution >= 4 is 11.6 Å². The molecule has 1 aliphatic rings. The average molecular weight is 398 g/mol. The second-order valence-electron chi connectivity index (χ2n) is 6.86. The number of rotatable bonds is 4. The van der Waals surface area contributed by atoms with Crippen molar-refractivity contribution in [2.24, 2.45) is 0 Å². The molecule has 1 atom stereocenters. The Morgan fingerprint density at radius 3 is 2.33 bits per heavy atom. The monoisotopic (exact) mass is 397 g/mol. The number of aryl methyl sites for hydroxylation is 2. The highest BCUT2D eigenvalue weighted by Gasteiger charge is 2.32. The topological polar surface area (TPSA) is 3.24 Å². The minimum atomic E-state index is -4.28. The quantitative estimate of drug-likeness (QED) is 0.535. The van der Waals surface area contributed by atoms with Gasteiger partial charge in [-0.1, -0.05) is 43.6 Å². The average Bonchev–Trinajstić information content (AvgIpc) is 3.07. The first-order valence-electron chi connectivity index (χ1n) is 9.42. The van der Waals surface area contributed by atoms with Gasteiger partial charge >= 0.3 is 6.18 Å². The van der Waals surface area contributed by atoms with E-state index in [1.165, 1.54) is 17.7 Å². The maximum absolute atomic E-state index is 12.9.